The van der Waals surface area contributed by atoms with Crippen LogP contribution >= 0.6 is 0 Å². The first kappa shape index (κ1) is 18.3. The monoisotopic (exact) mass is 360 g/mol. The molecule has 0 bridgehead atoms. The molecule has 134 valence electrons. The van der Waals surface area contributed by atoms with Crippen molar-refractivity contribution in [2.24, 2.45) is 5.10 Å². The fourth-order valence-electron chi connectivity index (χ4n) is 1.81. The first-order valence-corrected chi connectivity index (χ1v) is 7.03. The Bertz CT molecular complexity index is 882. The Kier molecular flexibility index (Phi) is 5.77. The highest BCUT2D eigenvalue weighted by molar-refractivity contribution is 5.84. The molecule has 2 rings (SSSR count). The molecule has 2 N–H and O–H groups in total. The van der Waals surface area contributed by atoms with Gasteiger partial charge < -0.3 is 9.84 Å². The summed E-state index contributed by atoms with van der Waals surface area (Å²) in [4.78, 5) is 31.6. The summed E-state index contributed by atoms with van der Waals surface area (Å²) >= 11 is 0. The van der Waals surface area contributed by atoms with Gasteiger partial charge in [-0.2, -0.15) is 5.10 Å². The molecular weight excluding hydrogens is 348 g/mol. The average Bonchev–Trinajstić information content (AvgIpc) is 2.61. The van der Waals surface area contributed by atoms with Crippen LogP contribution in [0.25, 0.3) is 0 Å². The van der Waals surface area contributed by atoms with Gasteiger partial charge in [-0.1, -0.05) is 6.07 Å². The molecule has 26 heavy (non-hydrogen) atoms. The Labute approximate surface area is 145 Å². The largest absolute Gasteiger partial charge is 0.502 e. The van der Waals surface area contributed by atoms with Crippen LogP contribution in [0.2, 0.25) is 0 Å². The van der Waals surface area contributed by atoms with Gasteiger partial charge in [0.1, 0.15) is 5.75 Å². The highest BCUT2D eigenvalue weighted by Gasteiger charge is 2.13. The number of hydrogen-bond donors (Lipinski definition) is 2. The molecule has 0 saturated carbocycles. The van der Waals surface area contributed by atoms with Gasteiger partial charge in [0.2, 0.25) is 0 Å². The van der Waals surface area contributed by atoms with E-state index < -0.39 is 33.8 Å². The molecule has 0 aliphatic carbocycles. The number of non-ortho nitro benzene ring substituents is 1. The highest BCUT2D eigenvalue weighted by atomic mass is 16.6. The number of aromatic hydroxyl groups is 1. The van der Waals surface area contributed by atoms with Crippen LogP contribution in [0.5, 0.6) is 11.5 Å². The molecule has 2 aromatic rings. The number of nitrogens with one attached hydrogen (secondary N) is 1. The van der Waals surface area contributed by atoms with E-state index in [1.807, 2.05) is 0 Å². The van der Waals surface area contributed by atoms with E-state index >= 15 is 0 Å². The summed E-state index contributed by atoms with van der Waals surface area (Å²) < 4.78 is 5.11. The number of rotatable bonds is 7. The van der Waals surface area contributed by atoms with Gasteiger partial charge in [0.05, 0.1) is 22.1 Å². The quantitative estimate of drug-likeness (QED) is 0.432. The summed E-state index contributed by atoms with van der Waals surface area (Å²) in [5.74, 6) is -0.977. The Balaban J connectivity index is 1.90. The lowest BCUT2D eigenvalue weighted by molar-refractivity contribution is -0.385. The summed E-state index contributed by atoms with van der Waals surface area (Å²) in [6.07, 6.45) is 1.15. The molecule has 0 saturated heterocycles. The summed E-state index contributed by atoms with van der Waals surface area (Å²) in [5.41, 5.74) is 1.77. The third-order valence-corrected chi connectivity index (χ3v) is 3.00. The van der Waals surface area contributed by atoms with Crippen LogP contribution in [0.4, 0.5) is 11.4 Å². The Morgan fingerprint density at radius 2 is 1.96 bits per heavy atom. The lowest BCUT2D eigenvalue weighted by Gasteiger charge is -2.04. The second-order valence-electron chi connectivity index (χ2n) is 4.84. The van der Waals surface area contributed by atoms with Crippen molar-refractivity contribution in [3.05, 3.63) is 68.3 Å². The Morgan fingerprint density at radius 1 is 1.19 bits per heavy atom. The third kappa shape index (κ3) is 4.99. The van der Waals surface area contributed by atoms with Crippen molar-refractivity contribution in [2.75, 3.05) is 6.61 Å². The van der Waals surface area contributed by atoms with Crippen molar-refractivity contribution in [3.8, 4) is 11.5 Å². The average molecular weight is 360 g/mol. The van der Waals surface area contributed by atoms with Crippen molar-refractivity contribution >= 4 is 23.5 Å². The molecule has 11 heteroatoms. The molecule has 0 heterocycles. The fourth-order valence-corrected chi connectivity index (χ4v) is 1.81. The number of amides is 1. The first-order valence-electron chi connectivity index (χ1n) is 7.03. The van der Waals surface area contributed by atoms with Gasteiger partial charge in [-0.05, 0) is 18.2 Å². The topological polar surface area (TPSA) is 157 Å². The number of phenolic OH excluding ortho intramolecular Hbond substituents is 1. The molecule has 0 aromatic heterocycles. The Hall–Kier alpha value is -4.02. The minimum atomic E-state index is -0.752. The number of ether oxygens (including phenoxy) is 1. The zero-order valence-electron chi connectivity index (χ0n) is 13.1. The van der Waals surface area contributed by atoms with Gasteiger partial charge in [-0.3, -0.25) is 25.0 Å². The van der Waals surface area contributed by atoms with Crippen LogP contribution in [0, 0.1) is 20.2 Å². The van der Waals surface area contributed by atoms with Gasteiger partial charge in [0, 0.05) is 17.7 Å². The van der Waals surface area contributed by atoms with Crippen LogP contribution in [0.3, 0.4) is 0 Å². The van der Waals surface area contributed by atoms with E-state index in [2.05, 4.69) is 10.5 Å². The zero-order valence-corrected chi connectivity index (χ0v) is 13.1. The molecule has 0 aliphatic heterocycles. The molecular formula is C15H12N4O7. The van der Waals surface area contributed by atoms with E-state index in [0.29, 0.717) is 0 Å². The first-order chi connectivity index (χ1) is 12.4. The standard InChI is InChI=1S/C15H12N4O7/c20-14-5-4-10(6-13(14)19(24)25)8-16-17-15(21)9-26-12-3-1-2-11(7-12)18(22)23/h1-8,20H,9H2,(H,17,21)/b16-8-. The molecule has 11 nitrogen and oxygen atoms in total. The number of hydrazone groups is 1. The molecule has 2 aromatic carbocycles. The Morgan fingerprint density at radius 3 is 2.65 bits per heavy atom. The van der Waals surface area contributed by atoms with Crippen molar-refractivity contribution in [1.82, 2.24) is 5.43 Å². The van der Waals surface area contributed by atoms with Crippen LogP contribution in [0.15, 0.2) is 47.6 Å². The fraction of sp³-hybridized carbons (Fsp3) is 0.0667. The number of nitrogens with zero attached hydrogens (tertiary/aromatic N) is 3. The molecule has 0 unspecified atom stereocenters. The van der Waals surface area contributed by atoms with Gasteiger partial charge in [-0.15, -0.1) is 0 Å². The van der Waals surface area contributed by atoms with E-state index in [-0.39, 0.29) is 17.0 Å². The van der Waals surface area contributed by atoms with E-state index in [4.69, 9.17) is 4.74 Å². The lowest BCUT2D eigenvalue weighted by atomic mass is 10.2. The van der Waals surface area contributed by atoms with Gasteiger partial charge >= 0.3 is 5.69 Å². The summed E-state index contributed by atoms with van der Waals surface area (Å²) in [5, 5.41) is 34.3. The highest BCUT2D eigenvalue weighted by Crippen LogP contribution is 2.25. The van der Waals surface area contributed by atoms with E-state index in [1.54, 1.807) is 0 Å². The van der Waals surface area contributed by atoms with Crippen LogP contribution < -0.4 is 10.2 Å². The van der Waals surface area contributed by atoms with Crippen molar-refractivity contribution in [2.45, 2.75) is 0 Å². The van der Waals surface area contributed by atoms with Gasteiger partial charge in [0.15, 0.2) is 12.4 Å². The van der Waals surface area contributed by atoms with Crippen LogP contribution in [0.1, 0.15) is 5.56 Å². The smallest absolute Gasteiger partial charge is 0.311 e. The number of hydrogen-bond acceptors (Lipinski definition) is 8. The van der Waals surface area contributed by atoms with Crippen molar-refractivity contribution < 1.29 is 24.5 Å². The number of carbonyl (C=O) groups excluding carboxylic acids is 1. The zero-order chi connectivity index (χ0) is 19.1. The third-order valence-electron chi connectivity index (χ3n) is 3.00. The maximum Gasteiger partial charge on any atom is 0.311 e. The molecule has 0 atom stereocenters. The van der Waals surface area contributed by atoms with E-state index in [1.165, 1.54) is 30.3 Å². The van der Waals surface area contributed by atoms with Gasteiger partial charge in [-0.25, -0.2) is 5.43 Å². The van der Waals surface area contributed by atoms with E-state index in [0.717, 1.165) is 18.3 Å². The normalized spacial score (nSPS) is 10.5. The molecule has 1 amide bonds. The second kappa shape index (κ2) is 8.19. The lowest BCUT2D eigenvalue weighted by Crippen LogP contribution is -2.24. The molecule has 0 fully saturated rings. The maximum atomic E-state index is 11.6. The predicted octanol–water partition coefficient (Wildman–Crippen LogP) is 1.74. The number of phenols is 1. The van der Waals surface area contributed by atoms with E-state index in [9.17, 15) is 30.1 Å². The van der Waals surface area contributed by atoms with Crippen LogP contribution in [-0.2, 0) is 4.79 Å². The molecule has 0 aliphatic rings. The number of carbonyl (C=O) groups is 1. The maximum absolute atomic E-state index is 11.6. The summed E-state index contributed by atoms with van der Waals surface area (Å²) in [6.45, 7) is -0.436. The number of nitro benzene ring substituents is 2. The summed E-state index contributed by atoms with van der Waals surface area (Å²) in [6, 6.07) is 8.93. The minimum absolute atomic E-state index is 0.146. The molecule has 0 radical (unpaired) electrons. The predicted molar refractivity (Wildman–Crippen MR) is 89.1 cm³/mol. The minimum Gasteiger partial charge on any atom is -0.502 e. The molecule has 0 spiro atoms. The number of nitro groups is 2. The van der Waals surface area contributed by atoms with Crippen LogP contribution in [-0.4, -0.2) is 33.7 Å². The summed E-state index contributed by atoms with van der Waals surface area (Å²) in [7, 11) is 0. The number of benzene rings is 2. The van der Waals surface area contributed by atoms with Crippen molar-refractivity contribution in [1.29, 1.82) is 0 Å². The van der Waals surface area contributed by atoms with Crippen molar-refractivity contribution in [3.63, 3.8) is 0 Å². The van der Waals surface area contributed by atoms with Gasteiger partial charge in [0.25, 0.3) is 11.6 Å². The SMILES string of the molecule is O=C(COc1cccc([N+](=O)[O-])c1)N/N=C\c1ccc(O)c([N+](=O)[O-])c1. The second-order valence-corrected chi connectivity index (χ2v) is 4.84.